The Balaban J connectivity index is 3.08. The van der Waals surface area contributed by atoms with E-state index in [4.69, 9.17) is 9.47 Å². The number of ether oxygens (including phenoxy) is 2. The molecule has 0 saturated carbocycles. The summed E-state index contributed by atoms with van der Waals surface area (Å²) in [6, 6.07) is 4.54. The predicted octanol–water partition coefficient (Wildman–Crippen LogP) is 1.78. The van der Waals surface area contributed by atoms with E-state index in [-0.39, 0.29) is 29.8 Å². The summed E-state index contributed by atoms with van der Waals surface area (Å²) in [6.07, 6.45) is -1.69. The monoisotopic (exact) mass is 254 g/mol. The molecular formula is C13H18O5. The minimum Gasteiger partial charge on any atom is -0.507 e. The summed E-state index contributed by atoms with van der Waals surface area (Å²) in [5.74, 6) is -0.744. The Labute approximate surface area is 106 Å². The van der Waals surface area contributed by atoms with Crippen molar-refractivity contribution in [2.24, 2.45) is 0 Å². The summed E-state index contributed by atoms with van der Waals surface area (Å²) >= 11 is 0. The number of aliphatic hydroxyl groups excluding tert-OH is 1. The molecule has 1 unspecified atom stereocenters. The van der Waals surface area contributed by atoms with Gasteiger partial charge in [0.15, 0.2) is 6.10 Å². The highest BCUT2D eigenvalue weighted by atomic mass is 16.5. The maximum Gasteiger partial charge on any atom is 0.339 e. The number of rotatable bonds is 5. The van der Waals surface area contributed by atoms with Crippen LogP contribution in [-0.2, 0) is 9.53 Å². The van der Waals surface area contributed by atoms with Gasteiger partial charge in [0.2, 0.25) is 0 Å². The van der Waals surface area contributed by atoms with Crippen molar-refractivity contribution in [1.29, 1.82) is 0 Å². The number of benzene rings is 1. The summed E-state index contributed by atoms with van der Waals surface area (Å²) in [5.41, 5.74) is 0.0321. The zero-order valence-corrected chi connectivity index (χ0v) is 10.7. The van der Waals surface area contributed by atoms with Gasteiger partial charge >= 0.3 is 5.97 Å². The fraction of sp³-hybridized carbons (Fsp3) is 0.462. The summed E-state index contributed by atoms with van der Waals surface area (Å²) in [7, 11) is 0. The summed E-state index contributed by atoms with van der Waals surface area (Å²) in [5, 5.41) is 19.6. The van der Waals surface area contributed by atoms with Crippen LogP contribution < -0.4 is 4.74 Å². The van der Waals surface area contributed by atoms with E-state index in [0.717, 1.165) is 0 Å². The largest absolute Gasteiger partial charge is 0.507 e. The van der Waals surface area contributed by atoms with Gasteiger partial charge in [-0.1, -0.05) is 6.07 Å². The Morgan fingerprint density at radius 3 is 2.61 bits per heavy atom. The maximum absolute atomic E-state index is 11.5. The molecule has 18 heavy (non-hydrogen) atoms. The van der Waals surface area contributed by atoms with Gasteiger partial charge in [0.1, 0.15) is 11.5 Å². The lowest BCUT2D eigenvalue weighted by molar-refractivity contribution is -0.153. The van der Waals surface area contributed by atoms with E-state index < -0.39 is 12.1 Å². The first-order valence-corrected chi connectivity index (χ1v) is 5.80. The van der Waals surface area contributed by atoms with Crippen molar-refractivity contribution >= 4 is 5.97 Å². The van der Waals surface area contributed by atoms with Gasteiger partial charge in [-0.3, -0.25) is 0 Å². The Hall–Kier alpha value is -1.75. The third kappa shape index (κ3) is 3.37. The molecule has 0 aliphatic carbocycles. The minimum atomic E-state index is -1.56. The number of esters is 1. The number of carbonyl (C=O) groups is 1. The van der Waals surface area contributed by atoms with E-state index >= 15 is 0 Å². The molecule has 1 atom stereocenters. The normalized spacial score (nSPS) is 12.3. The van der Waals surface area contributed by atoms with Gasteiger partial charge in [-0.15, -0.1) is 0 Å². The number of aromatic hydroxyl groups is 1. The van der Waals surface area contributed by atoms with Crippen molar-refractivity contribution in [3.63, 3.8) is 0 Å². The van der Waals surface area contributed by atoms with E-state index in [1.807, 2.05) is 13.8 Å². The predicted molar refractivity (Wildman–Crippen MR) is 65.5 cm³/mol. The van der Waals surface area contributed by atoms with Crippen molar-refractivity contribution in [2.45, 2.75) is 33.0 Å². The molecule has 1 aromatic carbocycles. The van der Waals surface area contributed by atoms with E-state index in [1.54, 1.807) is 19.1 Å². The van der Waals surface area contributed by atoms with Crippen LogP contribution in [0, 0.1) is 0 Å². The highest BCUT2D eigenvalue weighted by Crippen LogP contribution is 2.34. The average molecular weight is 254 g/mol. The topological polar surface area (TPSA) is 76.0 Å². The van der Waals surface area contributed by atoms with Gasteiger partial charge < -0.3 is 19.7 Å². The molecule has 0 amide bonds. The second-order valence-electron chi connectivity index (χ2n) is 4.01. The second kappa shape index (κ2) is 6.26. The molecule has 0 heterocycles. The first kappa shape index (κ1) is 14.3. The van der Waals surface area contributed by atoms with Crippen LogP contribution in [0.4, 0.5) is 0 Å². The van der Waals surface area contributed by atoms with Gasteiger partial charge in [0.25, 0.3) is 0 Å². The highest BCUT2D eigenvalue weighted by molar-refractivity contribution is 5.78. The molecule has 0 radical (unpaired) electrons. The van der Waals surface area contributed by atoms with Crippen LogP contribution in [-0.4, -0.2) is 28.9 Å². The second-order valence-corrected chi connectivity index (χ2v) is 4.01. The summed E-state index contributed by atoms with van der Waals surface area (Å²) in [6.45, 7) is 5.42. The summed E-state index contributed by atoms with van der Waals surface area (Å²) in [4.78, 5) is 11.5. The molecule has 0 bridgehead atoms. The molecule has 0 aliphatic rings. The van der Waals surface area contributed by atoms with Crippen LogP contribution in [0.25, 0.3) is 0 Å². The number of aliphatic hydroxyl groups is 1. The lowest BCUT2D eigenvalue weighted by Crippen LogP contribution is -2.17. The molecule has 5 heteroatoms. The Bertz CT molecular complexity index is 414. The van der Waals surface area contributed by atoms with Crippen LogP contribution in [0.2, 0.25) is 0 Å². The fourth-order valence-corrected chi connectivity index (χ4v) is 1.50. The first-order chi connectivity index (χ1) is 8.47. The average Bonchev–Trinajstić information content (AvgIpc) is 2.28. The molecule has 1 rings (SSSR count). The molecular weight excluding hydrogens is 236 g/mol. The molecule has 0 aliphatic heterocycles. The molecule has 0 saturated heterocycles. The van der Waals surface area contributed by atoms with Crippen LogP contribution >= 0.6 is 0 Å². The number of phenolic OH excluding ortho intramolecular Hbond substituents is 1. The standard InChI is InChI=1S/C13H18O5/c1-4-17-13(16)12(15)11-9(14)6-5-7-10(11)18-8(2)3/h5-8,12,14-15H,4H2,1-3H3. The Kier molecular flexibility index (Phi) is 4.97. The minimum absolute atomic E-state index is 0.0321. The number of hydrogen-bond acceptors (Lipinski definition) is 5. The van der Waals surface area contributed by atoms with Crippen LogP contribution in [0.5, 0.6) is 11.5 Å². The van der Waals surface area contributed by atoms with Gasteiger partial charge in [-0.2, -0.15) is 0 Å². The third-order valence-electron chi connectivity index (χ3n) is 2.19. The molecule has 1 aromatic rings. The van der Waals surface area contributed by atoms with Gasteiger partial charge in [0.05, 0.1) is 18.3 Å². The van der Waals surface area contributed by atoms with Crippen molar-refractivity contribution < 1.29 is 24.5 Å². The number of hydrogen-bond donors (Lipinski definition) is 2. The third-order valence-corrected chi connectivity index (χ3v) is 2.19. The molecule has 0 fully saturated rings. The van der Waals surface area contributed by atoms with Gasteiger partial charge in [0, 0.05) is 0 Å². The first-order valence-electron chi connectivity index (χ1n) is 5.80. The molecule has 2 N–H and O–H groups in total. The van der Waals surface area contributed by atoms with Crippen LogP contribution in [0.1, 0.15) is 32.4 Å². The zero-order chi connectivity index (χ0) is 13.7. The van der Waals surface area contributed by atoms with Crippen molar-refractivity contribution in [3.05, 3.63) is 23.8 Å². The lowest BCUT2D eigenvalue weighted by atomic mass is 10.1. The number of carbonyl (C=O) groups excluding carboxylic acids is 1. The van der Waals surface area contributed by atoms with Crippen molar-refractivity contribution in [3.8, 4) is 11.5 Å². The van der Waals surface area contributed by atoms with E-state index in [2.05, 4.69) is 0 Å². The fourth-order valence-electron chi connectivity index (χ4n) is 1.50. The van der Waals surface area contributed by atoms with Crippen molar-refractivity contribution in [2.75, 3.05) is 6.61 Å². The molecule has 100 valence electrons. The van der Waals surface area contributed by atoms with Crippen molar-refractivity contribution in [1.82, 2.24) is 0 Å². The Morgan fingerprint density at radius 1 is 1.39 bits per heavy atom. The van der Waals surface area contributed by atoms with E-state index in [0.29, 0.717) is 0 Å². The van der Waals surface area contributed by atoms with Crippen LogP contribution in [0.3, 0.4) is 0 Å². The molecule has 0 aromatic heterocycles. The quantitative estimate of drug-likeness (QED) is 0.783. The molecule has 5 nitrogen and oxygen atoms in total. The highest BCUT2D eigenvalue weighted by Gasteiger charge is 2.26. The summed E-state index contributed by atoms with van der Waals surface area (Å²) < 4.78 is 10.2. The zero-order valence-electron chi connectivity index (χ0n) is 10.7. The molecule has 0 spiro atoms. The lowest BCUT2D eigenvalue weighted by Gasteiger charge is -2.18. The smallest absolute Gasteiger partial charge is 0.339 e. The Morgan fingerprint density at radius 2 is 2.06 bits per heavy atom. The van der Waals surface area contributed by atoms with E-state index in [9.17, 15) is 15.0 Å². The van der Waals surface area contributed by atoms with Gasteiger partial charge in [-0.05, 0) is 32.9 Å². The SMILES string of the molecule is CCOC(=O)C(O)c1c(O)cccc1OC(C)C. The van der Waals surface area contributed by atoms with E-state index in [1.165, 1.54) is 6.07 Å². The van der Waals surface area contributed by atoms with Crippen LogP contribution in [0.15, 0.2) is 18.2 Å². The van der Waals surface area contributed by atoms with Gasteiger partial charge in [-0.25, -0.2) is 4.79 Å². The number of phenols is 1. The maximum atomic E-state index is 11.5.